The second-order valence-corrected chi connectivity index (χ2v) is 16.0. The van der Waals surface area contributed by atoms with Gasteiger partial charge in [0.1, 0.15) is 11.1 Å². The SMILES string of the molecule is CC(C)(C)OC(=O)N1C[C@H](CN2[C@@H]3CC[C@H]2CC2(C3)NC(=O)N(Cc3ccc(S(C)(=O)=O)cc3)C2=O)[C@@H](c2ccccc2)C1. The first kappa shape index (κ1) is 30.6. The highest BCUT2D eigenvalue weighted by Crippen LogP contribution is 2.45. The fourth-order valence-electron chi connectivity index (χ4n) is 7.64. The Kier molecular flexibility index (Phi) is 7.76. The predicted octanol–water partition coefficient (Wildman–Crippen LogP) is 4.16. The average Bonchev–Trinajstić information content (AvgIpc) is 3.55. The van der Waals surface area contributed by atoms with Crippen molar-refractivity contribution < 1.29 is 27.5 Å². The van der Waals surface area contributed by atoms with Gasteiger partial charge in [-0.25, -0.2) is 18.0 Å². The van der Waals surface area contributed by atoms with Crippen LogP contribution in [0.1, 0.15) is 63.5 Å². The summed E-state index contributed by atoms with van der Waals surface area (Å²) >= 11 is 0. The molecule has 2 aromatic carbocycles. The Balaban J connectivity index is 1.16. The second kappa shape index (κ2) is 11.2. The number of hydrogen-bond acceptors (Lipinski definition) is 7. The number of benzene rings is 2. The Morgan fingerprint density at radius 1 is 0.977 bits per heavy atom. The van der Waals surface area contributed by atoms with Crippen LogP contribution >= 0.6 is 0 Å². The number of carbonyl (C=O) groups is 3. The minimum Gasteiger partial charge on any atom is -0.444 e. The molecule has 4 aliphatic rings. The van der Waals surface area contributed by atoms with Crippen molar-refractivity contribution in [2.75, 3.05) is 25.9 Å². The van der Waals surface area contributed by atoms with Gasteiger partial charge < -0.3 is 15.0 Å². The molecule has 4 heterocycles. The highest BCUT2D eigenvalue weighted by Gasteiger charge is 2.59. The molecule has 4 aliphatic heterocycles. The largest absolute Gasteiger partial charge is 0.444 e. The van der Waals surface area contributed by atoms with Crippen LogP contribution in [0.4, 0.5) is 9.59 Å². The summed E-state index contributed by atoms with van der Waals surface area (Å²) in [6.45, 7) is 7.76. The molecule has 6 rings (SSSR count). The first-order chi connectivity index (χ1) is 20.7. The molecular weight excluding hydrogens is 580 g/mol. The smallest absolute Gasteiger partial charge is 0.410 e. The first-order valence-electron chi connectivity index (χ1n) is 15.4. The first-order valence-corrected chi connectivity index (χ1v) is 17.3. The lowest BCUT2D eigenvalue weighted by molar-refractivity contribution is -0.134. The van der Waals surface area contributed by atoms with Crippen LogP contribution in [-0.4, -0.2) is 90.3 Å². The maximum atomic E-state index is 13.8. The number of nitrogens with zero attached hydrogens (tertiary/aromatic N) is 3. The fourth-order valence-corrected chi connectivity index (χ4v) is 8.27. The van der Waals surface area contributed by atoms with Crippen molar-refractivity contribution in [2.45, 2.75) is 87.0 Å². The van der Waals surface area contributed by atoms with Gasteiger partial charge in [-0.1, -0.05) is 42.5 Å². The number of sulfone groups is 1. The van der Waals surface area contributed by atoms with E-state index in [0.717, 1.165) is 25.6 Å². The standard InChI is InChI=1S/C33H42N4O6S/c1-32(2,3)43-31(40)35-19-24(28(21-35)23-8-6-5-7-9-23)20-36-25-12-13-26(36)17-33(16-25)29(38)37(30(39)34-33)18-22-10-14-27(15-11-22)44(4,41)42/h5-11,14-15,24-26,28H,12-13,16-21H2,1-4H3,(H,34,39)/t24-,25-,26+,28-,33?/m1/s1. The van der Waals surface area contributed by atoms with Gasteiger partial charge in [0.05, 0.1) is 11.4 Å². The van der Waals surface area contributed by atoms with E-state index in [2.05, 4.69) is 22.3 Å². The molecule has 11 heteroatoms. The number of urea groups is 1. The van der Waals surface area contributed by atoms with Gasteiger partial charge >= 0.3 is 12.1 Å². The van der Waals surface area contributed by atoms with E-state index in [-0.39, 0.29) is 47.4 Å². The third-order valence-electron chi connectivity index (χ3n) is 9.64. The molecule has 10 nitrogen and oxygen atoms in total. The van der Waals surface area contributed by atoms with Crippen LogP contribution in [0.15, 0.2) is 59.5 Å². The molecule has 5 atom stereocenters. The van der Waals surface area contributed by atoms with Gasteiger partial charge in [-0.15, -0.1) is 0 Å². The molecule has 4 fully saturated rings. The minimum absolute atomic E-state index is 0.0941. The monoisotopic (exact) mass is 622 g/mol. The van der Waals surface area contributed by atoms with Crippen LogP contribution in [-0.2, 0) is 25.9 Å². The van der Waals surface area contributed by atoms with E-state index in [9.17, 15) is 22.8 Å². The number of likely N-dealkylation sites (tertiary alicyclic amines) is 1. The molecule has 2 bridgehead atoms. The number of imide groups is 1. The lowest BCUT2D eigenvalue weighted by atomic mass is 9.81. The quantitative estimate of drug-likeness (QED) is 0.481. The van der Waals surface area contributed by atoms with E-state index in [0.29, 0.717) is 31.5 Å². The number of nitrogens with one attached hydrogen (secondary N) is 1. The van der Waals surface area contributed by atoms with Crippen molar-refractivity contribution >= 4 is 27.9 Å². The van der Waals surface area contributed by atoms with Gasteiger partial charge in [-0.3, -0.25) is 14.6 Å². The summed E-state index contributed by atoms with van der Waals surface area (Å²) in [5, 5.41) is 3.06. The molecule has 236 valence electrons. The van der Waals surface area contributed by atoms with E-state index >= 15 is 0 Å². The van der Waals surface area contributed by atoms with E-state index < -0.39 is 27.0 Å². The summed E-state index contributed by atoms with van der Waals surface area (Å²) in [5.41, 5.74) is 0.413. The van der Waals surface area contributed by atoms with E-state index in [1.165, 1.54) is 22.6 Å². The molecule has 1 unspecified atom stereocenters. The van der Waals surface area contributed by atoms with Crippen LogP contribution in [0.25, 0.3) is 0 Å². The Morgan fingerprint density at radius 2 is 1.61 bits per heavy atom. The summed E-state index contributed by atoms with van der Waals surface area (Å²) < 4.78 is 29.4. The van der Waals surface area contributed by atoms with Crippen LogP contribution in [0.2, 0.25) is 0 Å². The zero-order chi connectivity index (χ0) is 31.4. The Morgan fingerprint density at radius 3 is 2.20 bits per heavy atom. The van der Waals surface area contributed by atoms with E-state index in [1.54, 1.807) is 12.1 Å². The number of amides is 4. The van der Waals surface area contributed by atoms with E-state index in [1.807, 2.05) is 43.9 Å². The minimum atomic E-state index is -3.33. The Labute approximate surface area is 259 Å². The summed E-state index contributed by atoms with van der Waals surface area (Å²) in [4.78, 5) is 45.8. The molecule has 1 N–H and O–H groups in total. The highest BCUT2D eigenvalue weighted by atomic mass is 32.2. The third kappa shape index (κ3) is 5.96. The summed E-state index contributed by atoms with van der Waals surface area (Å²) in [6.07, 6.45) is 3.88. The van der Waals surface area contributed by atoms with Crippen LogP contribution < -0.4 is 5.32 Å². The summed E-state index contributed by atoms with van der Waals surface area (Å²) in [6, 6.07) is 16.6. The molecule has 0 saturated carbocycles. The van der Waals surface area contributed by atoms with Crippen molar-refractivity contribution in [1.82, 2.24) is 20.0 Å². The lowest BCUT2D eigenvalue weighted by Gasteiger charge is -2.44. The topological polar surface area (TPSA) is 116 Å². The van der Waals surface area contributed by atoms with Gasteiger partial charge in [0.25, 0.3) is 5.91 Å². The fraction of sp³-hybridized carbons (Fsp3) is 0.545. The zero-order valence-corrected chi connectivity index (χ0v) is 26.7. The normalized spacial score (nSPS) is 29.0. The van der Waals surface area contributed by atoms with Crippen molar-refractivity contribution in [2.24, 2.45) is 5.92 Å². The molecule has 1 spiro atoms. The molecule has 4 amide bonds. The molecule has 0 radical (unpaired) electrons. The maximum absolute atomic E-state index is 13.8. The van der Waals surface area contributed by atoms with Gasteiger partial charge in [-0.2, -0.15) is 0 Å². The molecule has 44 heavy (non-hydrogen) atoms. The van der Waals surface area contributed by atoms with Crippen molar-refractivity contribution in [3.8, 4) is 0 Å². The molecule has 4 saturated heterocycles. The Hall–Kier alpha value is -3.44. The van der Waals surface area contributed by atoms with Crippen molar-refractivity contribution in [3.05, 3.63) is 65.7 Å². The average molecular weight is 623 g/mol. The highest BCUT2D eigenvalue weighted by molar-refractivity contribution is 7.90. The van der Waals surface area contributed by atoms with Gasteiger partial charge in [0.15, 0.2) is 9.84 Å². The van der Waals surface area contributed by atoms with Gasteiger partial charge in [0.2, 0.25) is 0 Å². The molecule has 2 aromatic rings. The predicted molar refractivity (Wildman–Crippen MR) is 165 cm³/mol. The number of fused-ring (bicyclic) bond motifs is 2. The number of ether oxygens (including phenoxy) is 1. The zero-order valence-electron chi connectivity index (χ0n) is 25.9. The van der Waals surface area contributed by atoms with Crippen LogP contribution in [0, 0.1) is 5.92 Å². The number of piperidine rings is 1. The number of hydrogen-bond donors (Lipinski definition) is 1. The summed E-state index contributed by atoms with van der Waals surface area (Å²) in [7, 11) is -3.33. The van der Waals surface area contributed by atoms with Crippen LogP contribution in [0.5, 0.6) is 0 Å². The van der Waals surface area contributed by atoms with Crippen molar-refractivity contribution in [1.29, 1.82) is 0 Å². The third-order valence-corrected chi connectivity index (χ3v) is 10.8. The number of carbonyl (C=O) groups excluding carboxylic acids is 3. The van der Waals surface area contributed by atoms with Gasteiger partial charge in [0, 0.05) is 43.9 Å². The van der Waals surface area contributed by atoms with Crippen molar-refractivity contribution in [3.63, 3.8) is 0 Å². The lowest BCUT2D eigenvalue weighted by Crippen LogP contribution is -2.59. The maximum Gasteiger partial charge on any atom is 0.410 e. The molecule has 0 aromatic heterocycles. The van der Waals surface area contributed by atoms with E-state index in [4.69, 9.17) is 4.74 Å². The van der Waals surface area contributed by atoms with Gasteiger partial charge in [-0.05, 0) is 75.6 Å². The second-order valence-electron chi connectivity index (χ2n) is 14.0. The molecular formula is C33H42N4O6S. The number of rotatable bonds is 6. The van der Waals surface area contributed by atoms with Crippen LogP contribution in [0.3, 0.4) is 0 Å². The summed E-state index contributed by atoms with van der Waals surface area (Å²) in [5.74, 6) is 0.184. The molecule has 0 aliphatic carbocycles. The Bertz CT molecular complexity index is 1520.